The molecule has 4 nitrogen and oxygen atoms in total. The lowest BCUT2D eigenvalue weighted by molar-refractivity contribution is 0.131. The molecular weight excluding hydrogens is 248 g/mol. The SMILES string of the molecule is CC(C)[C@@H]1CN(Cc2cnc[nH]2)CCCN1CC1CC1. The smallest absolute Gasteiger partial charge is 0.0922 e. The monoisotopic (exact) mass is 276 g/mol. The first-order valence-electron chi connectivity index (χ1n) is 8.16. The molecule has 1 saturated carbocycles. The Bertz CT molecular complexity index is 397. The molecular formula is C16H28N4. The Morgan fingerprint density at radius 2 is 2.20 bits per heavy atom. The van der Waals surface area contributed by atoms with Crippen molar-refractivity contribution in [3.63, 3.8) is 0 Å². The average Bonchev–Trinajstić information content (AvgIpc) is 3.13. The highest BCUT2D eigenvalue weighted by Gasteiger charge is 2.32. The van der Waals surface area contributed by atoms with Gasteiger partial charge in [-0.3, -0.25) is 9.80 Å². The maximum atomic E-state index is 4.14. The maximum Gasteiger partial charge on any atom is 0.0922 e. The van der Waals surface area contributed by atoms with Gasteiger partial charge in [0.15, 0.2) is 0 Å². The molecule has 2 heterocycles. The van der Waals surface area contributed by atoms with E-state index in [2.05, 4.69) is 33.6 Å². The van der Waals surface area contributed by atoms with E-state index in [1.165, 1.54) is 51.1 Å². The highest BCUT2D eigenvalue weighted by atomic mass is 15.2. The van der Waals surface area contributed by atoms with Crippen LogP contribution < -0.4 is 0 Å². The summed E-state index contributed by atoms with van der Waals surface area (Å²) in [5.41, 5.74) is 1.24. The molecule has 0 unspecified atom stereocenters. The third-order valence-corrected chi connectivity index (χ3v) is 4.74. The number of nitrogens with one attached hydrogen (secondary N) is 1. The van der Waals surface area contributed by atoms with Crippen LogP contribution in [0.2, 0.25) is 0 Å². The lowest BCUT2D eigenvalue weighted by Crippen LogP contribution is -2.45. The van der Waals surface area contributed by atoms with Gasteiger partial charge in [-0.1, -0.05) is 13.8 Å². The summed E-state index contributed by atoms with van der Waals surface area (Å²) in [5.74, 6) is 1.73. The molecule has 20 heavy (non-hydrogen) atoms. The maximum absolute atomic E-state index is 4.14. The predicted octanol–water partition coefficient (Wildman–Crippen LogP) is 2.35. The fourth-order valence-electron chi connectivity index (χ4n) is 3.38. The van der Waals surface area contributed by atoms with Gasteiger partial charge >= 0.3 is 0 Å². The molecule has 112 valence electrons. The van der Waals surface area contributed by atoms with Gasteiger partial charge in [-0.2, -0.15) is 0 Å². The van der Waals surface area contributed by atoms with Crippen molar-refractivity contribution in [3.05, 3.63) is 18.2 Å². The zero-order chi connectivity index (χ0) is 13.9. The molecule has 1 saturated heterocycles. The van der Waals surface area contributed by atoms with E-state index in [0.29, 0.717) is 6.04 Å². The summed E-state index contributed by atoms with van der Waals surface area (Å²) in [6.45, 7) is 10.8. The Kier molecular flexibility index (Phi) is 4.41. The quantitative estimate of drug-likeness (QED) is 0.896. The number of nitrogens with zero attached hydrogens (tertiary/aromatic N) is 3. The van der Waals surface area contributed by atoms with Crippen LogP contribution >= 0.6 is 0 Å². The summed E-state index contributed by atoms with van der Waals surface area (Å²) < 4.78 is 0. The van der Waals surface area contributed by atoms with Crippen molar-refractivity contribution in [1.82, 2.24) is 19.8 Å². The zero-order valence-electron chi connectivity index (χ0n) is 12.9. The van der Waals surface area contributed by atoms with Gasteiger partial charge < -0.3 is 4.98 Å². The molecule has 3 rings (SSSR count). The van der Waals surface area contributed by atoms with Gasteiger partial charge in [-0.15, -0.1) is 0 Å². The van der Waals surface area contributed by atoms with Gasteiger partial charge in [0.05, 0.1) is 6.33 Å². The molecule has 0 amide bonds. The number of hydrogen-bond donors (Lipinski definition) is 1. The molecule has 1 aliphatic heterocycles. The molecule has 2 fully saturated rings. The first-order chi connectivity index (χ1) is 9.72. The zero-order valence-corrected chi connectivity index (χ0v) is 12.9. The summed E-state index contributed by atoms with van der Waals surface area (Å²) in [6, 6.07) is 0.709. The summed E-state index contributed by atoms with van der Waals surface area (Å²) >= 11 is 0. The van der Waals surface area contributed by atoms with Crippen molar-refractivity contribution in [2.24, 2.45) is 11.8 Å². The fourth-order valence-corrected chi connectivity index (χ4v) is 3.38. The van der Waals surface area contributed by atoms with Crippen molar-refractivity contribution < 1.29 is 0 Å². The lowest BCUT2D eigenvalue weighted by Gasteiger charge is -2.34. The normalized spacial score (nSPS) is 26.1. The average molecular weight is 276 g/mol. The fraction of sp³-hybridized carbons (Fsp3) is 0.812. The summed E-state index contributed by atoms with van der Waals surface area (Å²) in [7, 11) is 0. The van der Waals surface area contributed by atoms with Crippen LogP contribution in [-0.4, -0.2) is 52.0 Å². The van der Waals surface area contributed by atoms with Crippen LogP contribution in [0, 0.1) is 11.8 Å². The van der Waals surface area contributed by atoms with Crippen LogP contribution in [-0.2, 0) is 6.54 Å². The van der Waals surface area contributed by atoms with Crippen molar-refractivity contribution in [2.75, 3.05) is 26.2 Å². The van der Waals surface area contributed by atoms with Gasteiger partial charge in [0.25, 0.3) is 0 Å². The Balaban J connectivity index is 1.63. The number of rotatable bonds is 5. The minimum atomic E-state index is 0.709. The highest BCUT2D eigenvalue weighted by Crippen LogP contribution is 2.31. The number of aromatic nitrogens is 2. The van der Waals surface area contributed by atoms with E-state index < -0.39 is 0 Å². The van der Waals surface area contributed by atoms with E-state index in [1.807, 2.05) is 6.20 Å². The third-order valence-electron chi connectivity index (χ3n) is 4.74. The molecule has 1 atom stereocenters. The second kappa shape index (κ2) is 6.27. The molecule has 1 N–H and O–H groups in total. The van der Waals surface area contributed by atoms with Crippen LogP contribution in [0.1, 0.15) is 38.8 Å². The molecule has 1 aliphatic carbocycles. The minimum absolute atomic E-state index is 0.709. The van der Waals surface area contributed by atoms with E-state index >= 15 is 0 Å². The molecule has 0 radical (unpaired) electrons. The van der Waals surface area contributed by atoms with E-state index in [0.717, 1.165) is 18.4 Å². The molecule has 0 bridgehead atoms. The largest absolute Gasteiger partial charge is 0.347 e. The molecule has 0 aromatic carbocycles. The Morgan fingerprint density at radius 3 is 2.85 bits per heavy atom. The molecule has 2 aliphatic rings. The number of hydrogen-bond acceptors (Lipinski definition) is 3. The minimum Gasteiger partial charge on any atom is -0.347 e. The Morgan fingerprint density at radius 1 is 1.35 bits per heavy atom. The van der Waals surface area contributed by atoms with Crippen LogP contribution in [0.4, 0.5) is 0 Å². The predicted molar refractivity (Wildman–Crippen MR) is 81.4 cm³/mol. The van der Waals surface area contributed by atoms with Crippen molar-refractivity contribution in [3.8, 4) is 0 Å². The summed E-state index contributed by atoms with van der Waals surface area (Å²) in [5, 5.41) is 0. The van der Waals surface area contributed by atoms with Crippen molar-refractivity contribution in [2.45, 2.75) is 45.7 Å². The molecule has 4 heteroatoms. The van der Waals surface area contributed by atoms with Crippen LogP contribution in [0.3, 0.4) is 0 Å². The molecule has 1 aromatic heterocycles. The summed E-state index contributed by atoms with van der Waals surface area (Å²) in [6.07, 6.45) is 7.95. The third kappa shape index (κ3) is 3.61. The van der Waals surface area contributed by atoms with Crippen LogP contribution in [0.5, 0.6) is 0 Å². The summed E-state index contributed by atoms with van der Waals surface area (Å²) in [4.78, 5) is 12.7. The highest BCUT2D eigenvalue weighted by molar-refractivity contribution is 4.95. The second-order valence-corrected chi connectivity index (χ2v) is 6.92. The Labute approximate surface area is 122 Å². The number of imidazole rings is 1. The molecule has 0 spiro atoms. The standard InChI is InChI=1S/C16H28N4/c1-13(2)16-11-19(10-15-8-17-12-18-15)6-3-7-20(16)9-14-4-5-14/h8,12-14,16H,3-7,9-11H2,1-2H3,(H,17,18)/t16-/m0/s1. The van der Waals surface area contributed by atoms with Gasteiger partial charge in [0, 0.05) is 37.6 Å². The molecule has 1 aromatic rings. The van der Waals surface area contributed by atoms with E-state index in [-0.39, 0.29) is 0 Å². The van der Waals surface area contributed by atoms with E-state index in [1.54, 1.807) is 6.33 Å². The van der Waals surface area contributed by atoms with Crippen molar-refractivity contribution >= 4 is 0 Å². The first kappa shape index (κ1) is 14.1. The van der Waals surface area contributed by atoms with E-state index in [9.17, 15) is 0 Å². The number of aromatic amines is 1. The topological polar surface area (TPSA) is 35.2 Å². The van der Waals surface area contributed by atoms with Gasteiger partial charge in [0.1, 0.15) is 0 Å². The van der Waals surface area contributed by atoms with Gasteiger partial charge in [0.2, 0.25) is 0 Å². The second-order valence-electron chi connectivity index (χ2n) is 6.92. The number of H-pyrrole nitrogens is 1. The van der Waals surface area contributed by atoms with Gasteiger partial charge in [-0.05, 0) is 44.2 Å². The van der Waals surface area contributed by atoms with Crippen LogP contribution in [0.25, 0.3) is 0 Å². The Hall–Kier alpha value is -0.870. The first-order valence-corrected chi connectivity index (χ1v) is 8.16. The van der Waals surface area contributed by atoms with Crippen LogP contribution in [0.15, 0.2) is 12.5 Å². The lowest BCUT2D eigenvalue weighted by atomic mass is 10.0. The van der Waals surface area contributed by atoms with E-state index in [4.69, 9.17) is 0 Å². The van der Waals surface area contributed by atoms with Gasteiger partial charge in [-0.25, -0.2) is 4.98 Å². The van der Waals surface area contributed by atoms with Crippen molar-refractivity contribution in [1.29, 1.82) is 0 Å².